The maximum absolute atomic E-state index is 12.6. The van der Waals surface area contributed by atoms with Crippen molar-refractivity contribution in [3.8, 4) is 0 Å². The van der Waals surface area contributed by atoms with E-state index in [1.54, 1.807) is 82.4 Å². The van der Waals surface area contributed by atoms with Crippen LogP contribution in [0.25, 0.3) is 10.9 Å². The lowest BCUT2D eigenvalue weighted by atomic mass is 9.98. The van der Waals surface area contributed by atoms with Gasteiger partial charge < -0.3 is 34.6 Å². The van der Waals surface area contributed by atoms with Crippen molar-refractivity contribution in [1.82, 2.24) is 14.9 Å². The summed E-state index contributed by atoms with van der Waals surface area (Å²) < 4.78 is 10.9. The number of anilines is 2. The van der Waals surface area contributed by atoms with E-state index in [4.69, 9.17) is 14.3 Å². The first-order valence-corrected chi connectivity index (χ1v) is 18.3. The molecule has 0 radical (unpaired) electrons. The van der Waals surface area contributed by atoms with Crippen molar-refractivity contribution in [2.24, 2.45) is 5.92 Å². The van der Waals surface area contributed by atoms with Gasteiger partial charge in [0, 0.05) is 30.9 Å². The minimum Gasteiger partial charge on any atom is -0.479 e. The number of carbonyl (C=O) groups is 4. The highest BCUT2D eigenvalue weighted by Crippen LogP contribution is 2.27. The predicted molar refractivity (Wildman–Crippen MR) is 217 cm³/mol. The number of nitrogens with zero attached hydrogens (tertiary/aromatic N) is 2. The highest BCUT2D eigenvalue weighted by molar-refractivity contribution is 5.85. The van der Waals surface area contributed by atoms with Gasteiger partial charge in [0.05, 0.1) is 23.8 Å². The highest BCUT2D eigenvalue weighted by Gasteiger charge is 2.22. The van der Waals surface area contributed by atoms with Gasteiger partial charge in [0.25, 0.3) is 5.56 Å². The van der Waals surface area contributed by atoms with Gasteiger partial charge in [-0.05, 0) is 86.2 Å². The zero-order chi connectivity index (χ0) is 41.3. The van der Waals surface area contributed by atoms with Crippen LogP contribution in [0.4, 0.5) is 21.0 Å². The number of carboxylic acids is 1. The molecule has 2 atom stereocenters. The van der Waals surface area contributed by atoms with E-state index in [9.17, 15) is 24.3 Å². The molecule has 4 aromatic rings. The molecule has 3 aromatic carbocycles. The lowest BCUT2D eigenvalue weighted by Crippen LogP contribution is -2.34. The molecule has 13 heteroatoms. The van der Waals surface area contributed by atoms with Gasteiger partial charge >= 0.3 is 18.2 Å². The summed E-state index contributed by atoms with van der Waals surface area (Å²) in [4.78, 5) is 65.3. The fourth-order valence-corrected chi connectivity index (χ4v) is 4.83. The van der Waals surface area contributed by atoms with Gasteiger partial charge in [-0.1, -0.05) is 77.3 Å². The molecule has 0 bridgehead atoms. The Hall–Kier alpha value is -5.72. The van der Waals surface area contributed by atoms with Crippen LogP contribution >= 0.6 is 0 Å². The number of carbonyl (C=O) groups excluding carboxylic acids is 3. The van der Waals surface area contributed by atoms with Crippen molar-refractivity contribution < 1.29 is 33.8 Å². The number of aryl methyl sites for hydroxylation is 1. The van der Waals surface area contributed by atoms with Crippen LogP contribution in [0.1, 0.15) is 102 Å². The number of aliphatic carboxylic acids is 1. The van der Waals surface area contributed by atoms with Crippen LogP contribution in [0.2, 0.25) is 0 Å². The van der Waals surface area contributed by atoms with Crippen molar-refractivity contribution >= 4 is 47.2 Å². The van der Waals surface area contributed by atoms with Crippen LogP contribution in [0.15, 0.2) is 71.8 Å². The number of benzene rings is 3. The number of H-pyrrole nitrogens is 1. The van der Waals surface area contributed by atoms with E-state index >= 15 is 0 Å². The van der Waals surface area contributed by atoms with Crippen molar-refractivity contribution in [3.63, 3.8) is 0 Å². The van der Waals surface area contributed by atoms with Gasteiger partial charge in [-0.3, -0.25) is 10.1 Å². The molecule has 0 aliphatic heterocycles. The molecule has 1 aromatic heterocycles. The van der Waals surface area contributed by atoms with Crippen molar-refractivity contribution in [2.45, 2.75) is 98.8 Å². The number of carboxylic acid groups (broad SMARTS) is 1. The first-order valence-electron chi connectivity index (χ1n) is 18.3. The Balaban J connectivity index is 0.00000104. The van der Waals surface area contributed by atoms with E-state index in [0.717, 1.165) is 22.6 Å². The molecule has 13 nitrogen and oxygen atoms in total. The fourth-order valence-electron chi connectivity index (χ4n) is 4.83. The fraction of sp³-hybridized carbons (Fsp3) is 0.429. The number of fused-ring (bicyclic) bond motifs is 1. The third kappa shape index (κ3) is 15.7. The van der Waals surface area contributed by atoms with Crippen molar-refractivity contribution in [1.29, 1.82) is 0 Å². The summed E-state index contributed by atoms with van der Waals surface area (Å²) in [6.07, 6.45) is 4.47. The number of aromatic nitrogens is 2. The summed E-state index contributed by atoms with van der Waals surface area (Å²) >= 11 is 0. The van der Waals surface area contributed by atoms with Crippen LogP contribution < -0.4 is 16.2 Å². The molecule has 1 saturated carbocycles. The Bertz CT molecular complexity index is 1900. The molecular formula is C42H57N5O8. The second kappa shape index (κ2) is 21.9. The standard InChI is InChI=1S/C34H39N5O7.C4H8.C3H8.CH2O/c1-20-7-12-25(15-24(20)17-39(6)33(44)46-34(3,4)5)38-32(43)45-18-21(2)22-8-10-23(11-9-22)29(31(41)42)37-26-13-14-28-27(16-26)30(40)36-19-35-28;1-4-2-3-4;1-3-2;1-2/h7-16,19,21,29,37H,17-18H2,1-6H3,(H,38,43)(H,41,42)(H,35,36,40);4H,2-3H2,1H3;3H2,1-2H3;1H2/t21-,29?;;;/m0.../s1. The SMILES string of the molecule is C=O.CC1CC1.CCC.Cc1ccc(NC(=O)OC[C@H](C)c2ccc(C(Nc3ccc4nc[nH]c(=O)c4c3)C(=O)O)cc2)cc1CN(C)C(=O)OC(C)(C)C. The summed E-state index contributed by atoms with van der Waals surface area (Å²) in [5.74, 6) is -0.177. The number of amides is 2. The summed E-state index contributed by atoms with van der Waals surface area (Å²) in [5.41, 5.74) is 3.73. The molecule has 0 saturated heterocycles. The first kappa shape index (κ1) is 45.4. The minimum absolute atomic E-state index is 0.0888. The summed E-state index contributed by atoms with van der Waals surface area (Å²) in [7, 11) is 1.65. The molecule has 298 valence electrons. The molecule has 1 fully saturated rings. The Labute approximate surface area is 323 Å². The number of hydrogen-bond donors (Lipinski definition) is 4. The van der Waals surface area contributed by atoms with Crippen molar-refractivity contribution in [3.05, 3.63) is 99.6 Å². The lowest BCUT2D eigenvalue weighted by Gasteiger charge is -2.25. The van der Waals surface area contributed by atoms with Gasteiger partial charge in [-0.2, -0.15) is 0 Å². The lowest BCUT2D eigenvalue weighted by molar-refractivity contribution is -0.138. The number of nitrogens with one attached hydrogen (secondary N) is 3. The van der Waals surface area contributed by atoms with E-state index in [1.807, 2.05) is 26.7 Å². The summed E-state index contributed by atoms with van der Waals surface area (Å²) in [6.45, 7) is 18.2. The van der Waals surface area contributed by atoms with Gasteiger partial charge in [0.15, 0.2) is 6.04 Å². The average molecular weight is 760 g/mol. The van der Waals surface area contributed by atoms with Gasteiger partial charge in [0.1, 0.15) is 12.4 Å². The third-order valence-corrected chi connectivity index (χ3v) is 8.08. The average Bonchev–Trinajstić information content (AvgIpc) is 3.93. The molecular weight excluding hydrogens is 702 g/mol. The molecule has 1 unspecified atom stereocenters. The minimum atomic E-state index is -1.09. The first-order chi connectivity index (χ1) is 26.0. The Kier molecular flexibility index (Phi) is 18.1. The Morgan fingerprint density at radius 1 is 1.00 bits per heavy atom. The van der Waals surface area contributed by atoms with Gasteiger partial charge in [0.2, 0.25) is 0 Å². The van der Waals surface area contributed by atoms with Crippen LogP contribution in [0.5, 0.6) is 0 Å². The van der Waals surface area contributed by atoms with E-state index in [2.05, 4.69) is 41.4 Å². The number of ether oxygens (including phenoxy) is 2. The van der Waals surface area contributed by atoms with E-state index in [-0.39, 0.29) is 18.1 Å². The summed E-state index contributed by atoms with van der Waals surface area (Å²) in [6, 6.07) is 16.2. The summed E-state index contributed by atoms with van der Waals surface area (Å²) in [5, 5.41) is 16.0. The third-order valence-electron chi connectivity index (χ3n) is 8.08. The van der Waals surface area contributed by atoms with E-state index in [1.165, 1.54) is 30.5 Å². The van der Waals surface area contributed by atoms with Crippen LogP contribution in [0, 0.1) is 12.8 Å². The molecule has 1 aliphatic rings. The highest BCUT2D eigenvalue weighted by atomic mass is 16.6. The normalized spacial score (nSPS) is 12.8. The zero-order valence-corrected chi connectivity index (χ0v) is 33.5. The van der Waals surface area contributed by atoms with Gasteiger partial charge in [-0.15, -0.1) is 0 Å². The molecule has 1 aliphatic carbocycles. The number of rotatable bonds is 10. The Morgan fingerprint density at radius 3 is 2.15 bits per heavy atom. The zero-order valence-electron chi connectivity index (χ0n) is 33.5. The monoisotopic (exact) mass is 759 g/mol. The van der Waals surface area contributed by atoms with E-state index in [0.29, 0.717) is 34.4 Å². The molecule has 0 spiro atoms. The topological polar surface area (TPSA) is 180 Å². The second-order valence-electron chi connectivity index (χ2n) is 14.5. The number of aromatic amines is 1. The van der Waals surface area contributed by atoms with Crippen LogP contribution in [-0.2, 0) is 25.6 Å². The molecule has 2 amide bonds. The van der Waals surface area contributed by atoms with Crippen LogP contribution in [-0.4, -0.2) is 64.2 Å². The molecule has 5 rings (SSSR count). The predicted octanol–water partition coefficient (Wildman–Crippen LogP) is 8.84. The smallest absolute Gasteiger partial charge is 0.411 e. The Morgan fingerprint density at radius 2 is 1.58 bits per heavy atom. The maximum atomic E-state index is 12.6. The van der Waals surface area contributed by atoms with Gasteiger partial charge in [-0.25, -0.2) is 19.4 Å². The number of hydrogen-bond acceptors (Lipinski definition) is 9. The van der Waals surface area contributed by atoms with E-state index < -0.39 is 29.8 Å². The molecule has 1 heterocycles. The molecule has 55 heavy (non-hydrogen) atoms. The van der Waals surface area contributed by atoms with Crippen LogP contribution in [0.3, 0.4) is 0 Å². The molecule has 4 N–H and O–H groups in total. The quantitative estimate of drug-likeness (QED) is 0.122. The largest absolute Gasteiger partial charge is 0.479 e. The maximum Gasteiger partial charge on any atom is 0.411 e. The second-order valence-corrected chi connectivity index (χ2v) is 14.5. The van der Waals surface area contributed by atoms with Crippen molar-refractivity contribution in [2.75, 3.05) is 24.3 Å².